The number of likely N-dealkylation sites (N-methyl/N-ethyl adjacent to an activating group) is 1. The lowest BCUT2D eigenvalue weighted by molar-refractivity contribution is -0.941. The van der Waals surface area contributed by atoms with E-state index < -0.39 is 0 Å². The van der Waals surface area contributed by atoms with Crippen molar-refractivity contribution in [3.05, 3.63) is 48.6 Å². The third-order valence-corrected chi connectivity index (χ3v) is 4.15. The summed E-state index contributed by atoms with van der Waals surface area (Å²) >= 11 is 0. The summed E-state index contributed by atoms with van der Waals surface area (Å²) in [7, 11) is 0. The van der Waals surface area contributed by atoms with E-state index >= 15 is 0 Å². The number of rotatable bonds is 10. The van der Waals surface area contributed by atoms with E-state index in [4.69, 9.17) is 4.74 Å². The lowest BCUT2D eigenvalue weighted by atomic mass is 10.1. The molecule has 23 heavy (non-hydrogen) atoms. The second kappa shape index (κ2) is 11.4. The van der Waals surface area contributed by atoms with E-state index in [0.29, 0.717) is 0 Å². The molecule has 0 bridgehead atoms. The van der Waals surface area contributed by atoms with Crippen LogP contribution >= 0.6 is 0 Å². The van der Waals surface area contributed by atoms with Gasteiger partial charge < -0.3 is 26.2 Å². The number of nitrogens with zero attached hydrogens (tertiary/aromatic N) is 1. The number of carbonyl (C=O) groups excluding carboxylic acids is 1. The van der Waals surface area contributed by atoms with Gasteiger partial charge in [0.2, 0.25) is 0 Å². The van der Waals surface area contributed by atoms with Gasteiger partial charge in [0.1, 0.15) is 19.2 Å². The number of hydrogen-bond donors (Lipinski definition) is 0. The fraction of sp³-hybridized carbons (Fsp3) is 0.526. The summed E-state index contributed by atoms with van der Waals surface area (Å²) in [6.07, 6.45) is 3.49. The number of benzene rings is 1. The highest BCUT2D eigenvalue weighted by atomic mass is 79.9. The van der Waals surface area contributed by atoms with Crippen LogP contribution in [-0.4, -0.2) is 36.2 Å². The molecule has 4 heteroatoms. The Morgan fingerprint density at radius 1 is 1.30 bits per heavy atom. The van der Waals surface area contributed by atoms with Gasteiger partial charge in [-0.2, -0.15) is 0 Å². The van der Waals surface area contributed by atoms with Crippen molar-refractivity contribution in [2.24, 2.45) is 0 Å². The molecule has 0 fully saturated rings. The molecule has 2 atom stereocenters. The third kappa shape index (κ3) is 7.80. The highest BCUT2D eigenvalue weighted by Gasteiger charge is 2.29. The Bertz CT molecular complexity index is 464. The average molecular weight is 384 g/mol. The quantitative estimate of drug-likeness (QED) is 0.341. The normalized spacial score (nSPS) is 14.2. The molecule has 0 aliphatic heterocycles. The van der Waals surface area contributed by atoms with E-state index in [2.05, 4.69) is 44.7 Å². The lowest BCUT2D eigenvalue weighted by Crippen LogP contribution is -3.00. The van der Waals surface area contributed by atoms with Crippen LogP contribution in [0.4, 0.5) is 0 Å². The predicted octanol–water partition coefficient (Wildman–Crippen LogP) is 0.945. The molecule has 0 radical (unpaired) electrons. The molecule has 0 saturated carbocycles. The summed E-state index contributed by atoms with van der Waals surface area (Å²) < 4.78 is 6.35. The number of quaternary nitrogens is 1. The van der Waals surface area contributed by atoms with Gasteiger partial charge in [-0.05, 0) is 20.3 Å². The second-order valence-electron chi connectivity index (χ2n) is 6.01. The maximum atomic E-state index is 11.4. The SMILES string of the molecule is C=CC(=O)OC(C)C[N+](CC)(CCCC)Cc1ccccc1.[Br-]. The number of esters is 1. The lowest BCUT2D eigenvalue weighted by Gasteiger charge is -2.39. The highest BCUT2D eigenvalue weighted by molar-refractivity contribution is 5.81. The molecule has 1 rings (SSSR count). The van der Waals surface area contributed by atoms with Gasteiger partial charge in [-0.3, -0.25) is 0 Å². The van der Waals surface area contributed by atoms with Crippen molar-refractivity contribution >= 4 is 5.97 Å². The summed E-state index contributed by atoms with van der Waals surface area (Å²) in [5.41, 5.74) is 1.34. The highest BCUT2D eigenvalue weighted by Crippen LogP contribution is 2.18. The Morgan fingerprint density at radius 3 is 2.48 bits per heavy atom. The molecular weight excluding hydrogens is 354 g/mol. The van der Waals surface area contributed by atoms with E-state index in [1.54, 1.807) is 0 Å². The van der Waals surface area contributed by atoms with Gasteiger partial charge in [0.05, 0.1) is 13.1 Å². The third-order valence-electron chi connectivity index (χ3n) is 4.15. The minimum absolute atomic E-state index is 0. The summed E-state index contributed by atoms with van der Waals surface area (Å²) in [4.78, 5) is 11.4. The average Bonchev–Trinajstić information content (AvgIpc) is 2.53. The first-order valence-electron chi connectivity index (χ1n) is 8.27. The molecule has 0 amide bonds. The molecule has 0 aliphatic rings. The largest absolute Gasteiger partial charge is 1.00 e. The monoisotopic (exact) mass is 383 g/mol. The molecule has 0 spiro atoms. The molecule has 3 nitrogen and oxygen atoms in total. The van der Waals surface area contributed by atoms with E-state index in [-0.39, 0.29) is 29.1 Å². The van der Waals surface area contributed by atoms with Crippen molar-refractivity contribution in [1.82, 2.24) is 0 Å². The second-order valence-corrected chi connectivity index (χ2v) is 6.01. The zero-order chi connectivity index (χ0) is 16.4. The zero-order valence-electron chi connectivity index (χ0n) is 14.6. The first-order chi connectivity index (χ1) is 10.5. The van der Waals surface area contributed by atoms with Crippen molar-refractivity contribution in [2.45, 2.75) is 46.3 Å². The van der Waals surface area contributed by atoms with Crippen molar-refractivity contribution in [1.29, 1.82) is 0 Å². The van der Waals surface area contributed by atoms with E-state index in [1.807, 2.05) is 13.0 Å². The molecule has 0 aromatic heterocycles. The first kappa shape index (κ1) is 21.9. The van der Waals surface area contributed by atoms with Gasteiger partial charge in [0.15, 0.2) is 0 Å². The maximum absolute atomic E-state index is 11.4. The molecule has 2 unspecified atom stereocenters. The van der Waals surface area contributed by atoms with Crippen LogP contribution in [0.5, 0.6) is 0 Å². The Labute approximate surface area is 151 Å². The number of hydrogen-bond acceptors (Lipinski definition) is 2. The van der Waals surface area contributed by atoms with Crippen LogP contribution in [0, 0.1) is 0 Å². The Balaban J connectivity index is 0.00000484. The molecule has 0 aliphatic carbocycles. The molecular formula is C19H30BrNO2. The standard InChI is InChI=1S/C19H30NO2.BrH/c1-5-8-14-20(7-3,15-17(4)22-19(21)6-2)16-18-12-10-9-11-13-18;/h6,9-13,17H,2,5,7-8,14-16H2,1,3-4H3;1H/q+1;/p-1. The number of unbranched alkanes of at least 4 members (excludes halogenated alkanes) is 1. The summed E-state index contributed by atoms with van der Waals surface area (Å²) in [6.45, 7) is 13.8. The Kier molecular flexibility index (Phi) is 10.9. The van der Waals surface area contributed by atoms with Gasteiger partial charge in [-0.15, -0.1) is 0 Å². The Hall–Kier alpha value is -1.13. The topological polar surface area (TPSA) is 26.3 Å². The summed E-state index contributed by atoms with van der Waals surface area (Å²) in [6, 6.07) is 10.6. The van der Waals surface area contributed by atoms with E-state index in [0.717, 1.165) is 30.7 Å². The Morgan fingerprint density at radius 2 is 1.96 bits per heavy atom. The van der Waals surface area contributed by atoms with Crippen LogP contribution in [-0.2, 0) is 16.1 Å². The van der Waals surface area contributed by atoms with Gasteiger partial charge in [0, 0.05) is 11.6 Å². The first-order valence-corrected chi connectivity index (χ1v) is 8.27. The molecule has 0 saturated heterocycles. The van der Waals surface area contributed by atoms with Gasteiger partial charge >= 0.3 is 5.97 Å². The molecule has 0 heterocycles. The van der Waals surface area contributed by atoms with Gasteiger partial charge in [0.25, 0.3) is 0 Å². The van der Waals surface area contributed by atoms with Crippen molar-refractivity contribution in [2.75, 3.05) is 19.6 Å². The molecule has 1 aromatic carbocycles. The molecule has 1 aromatic rings. The number of halogens is 1. The van der Waals surface area contributed by atoms with E-state index in [1.165, 1.54) is 24.5 Å². The number of carbonyl (C=O) groups is 1. The van der Waals surface area contributed by atoms with Crippen LogP contribution in [0.15, 0.2) is 43.0 Å². The van der Waals surface area contributed by atoms with Crippen LogP contribution in [0.25, 0.3) is 0 Å². The van der Waals surface area contributed by atoms with Crippen LogP contribution in [0.3, 0.4) is 0 Å². The number of ether oxygens (including phenoxy) is 1. The van der Waals surface area contributed by atoms with Crippen LogP contribution < -0.4 is 17.0 Å². The van der Waals surface area contributed by atoms with Crippen molar-refractivity contribution < 1.29 is 31.0 Å². The van der Waals surface area contributed by atoms with Crippen molar-refractivity contribution in [3.8, 4) is 0 Å². The predicted molar refractivity (Wildman–Crippen MR) is 91.3 cm³/mol. The fourth-order valence-electron chi connectivity index (χ4n) is 2.93. The summed E-state index contributed by atoms with van der Waals surface area (Å²) in [5, 5.41) is 0. The van der Waals surface area contributed by atoms with E-state index in [9.17, 15) is 4.79 Å². The smallest absolute Gasteiger partial charge is 0.330 e. The minimum Gasteiger partial charge on any atom is -1.00 e. The van der Waals surface area contributed by atoms with Crippen LogP contribution in [0.2, 0.25) is 0 Å². The van der Waals surface area contributed by atoms with Crippen molar-refractivity contribution in [3.63, 3.8) is 0 Å². The van der Waals surface area contributed by atoms with Gasteiger partial charge in [-0.25, -0.2) is 4.79 Å². The van der Waals surface area contributed by atoms with Gasteiger partial charge in [-0.1, -0.05) is 50.3 Å². The van der Waals surface area contributed by atoms with Crippen LogP contribution in [0.1, 0.15) is 39.2 Å². The fourth-order valence-corrected chi connectivity index (χ4v) is 2.93. The zero-order valence-corrected chi connectivity index (χ0v) is 16.2. The minimum atomic E-state index is -0.336. The molecule has 130 valence electrons. The maximum Gasteiger partial charge on any atom is 0.330 e. The molecule has 0 N–H and O–H groups in total. The summed E-state index contributed by atoms with van der Waals surface area (Å²) in [5.74, 6) is -0.336.